The number of hydrogen-bond acceptors (Lipinski definition) is 9. The van der Waals surface area contributed by atoms with E-state index in [1.165, 1.54) is 49.9 Å². The number of nitrogens with zero attached hydrogens (tertiary/aromatic N) is 2. The Morgan fingerprint density at radius 3 is 1.97 bits per heavy atom. The van der Waals surface area contributed by atoms with E-state index in [2.05, 4.69) is 0 Å². The average Bonchev–Trinajstić information content (AvgIpc) is 3.28. The van der Waals surface area contributed by atoms with Gasteiger partial charge in [-0.25, -0.2) is 0 Å². The number of esters is 2. The number of thioether (sulfide) groups is 2. The standard InChI is InChI=1S/C24H26N2O7S2/c1-13(27)32-17-7-5-6-15-10-23(34-3)21(29)26-20-16(12-31-9-8-18(20)33-14(2)28)11-24(26,35-4)22(30)25(23)19(15)17/h5-9,12,17-20H,10-11H2,1-4H3/t17-,18-,19-,20-,23+,24+/m1/s1. The number of rotatable bonds is 4. The van der Waals surface area contributed by atoms with Gasteiger partial charge >= 0.3 is 11.9 Å². The second kappa shape index (κ2) is 8.48. The number of amides is 2. The lowest BCUT2D eigenvalue weighted by molar-refractivity contribution is -0.171. The van der Waals surface area contributed by atoms with Gasteiger partial charge in [0.05, 0.1) is 24.6 Å². The van der Waals surface area contributed by atoms with Crippen LogP contribution in [0, 0.1) is 0 Å². The zero-order chi connectivity index (χ0) is 25.1. The van der Waals surface area contributed by atoms with Crippen molar-refractivity contribution in [1.29, 1.82) is 0 Å². The van der Waals surface area contributed by atoms with Gasteiger partial charge in [-0.15, -0.1) is 23.5 Å². The van der Waals surface area contributed by atoms with Gasteiger partial charge in [-0.05, 0) is 35.8 Å². The van der Waals surface area contributed by atoms with Crippen LogP contribution in [0.1, 0.15) is 26.7 Å². The maximum Gasteiger partial charge on any atom is 0.303 e. The summed E-state index contributed by atoms with van der Waals surface area (Å²) in [6, 6.07) is -1.24. The molecule has 11 heteroatoms. The second-order valence-corrected chi connectivity index (χ2v) is 11.2. The van der Waals surface area contributed by atoms with Crippen molar-refractivity contribution in [2.24, 2.45) is 0 Å². The van der Waals surface area contributed by atoms with Crippen LogP contribution in [0.25, 0.3) is 0 Å². The van der Waals surface area contributed by atoms with Gasteiger partial charge in [0.1, 0.15) is 12.2 Å². The molecule has 3 saturated heterocycles. The molecule has 9 nitrogen and oxygen atoms in total. The van der Waals surface area contributed by atoms with Crippen LogP contribution in [-0.2, 0) is 33.4 Å². The van der Waals surface area contributed by atoms with Gasteiger partial charge in [0.2, 0.25) is 0 Å². The largest absolute Gasteiger partial charge is 0.473 e. The summed E-state index contributed by atoms with van der Waals surface area (Å²) < 4.78 is 16.6. The van der Waals surface area contributed by atoms with E-state index in [4.69, 9.17) is 14.2 Å². The molecule has 0 unspecified atom stereocenters. The third-order valence-corrected chi connectivity index (χ3v) is 9.55. The smallest absolute Gasteiger partial charge is 0.303 e. The third kappa shape index (κ3) is 3.31. The van der Waals surface area contributed by atoms with Gasteiger partial charge in [-0.1, -0.05) is 12.2 Å². The van der Waals surface area contributed by atoms with Gasteiger partial charge in [-0.2, -0.15) is 0 Å². The number of ether oxygens (including phenoxy) is 3. The van der Waals surface area contributed by atoms with Gasteiger partial charge in [0, 0.05) is 26.7 Å². The van der Waals surface area contributed by atoms with Crippen molar-refractivity contribution < 1.29 is 33.4 Å². The number of fused-ring (bicyclic) bond motifs is 6. The maximum absolute atomic E-state index is 14.5. The fourth-order valence-corrected chi connectivity index (χ4v) is 7.82. The van der Waals surface area contributed by atoms with Crippen LogP contribution in [0.4, 0.5) is 0 Å². The van der Waals surface area contributed by atoms with Crippen LogP contribution in [0.15, 0.2) is 48.0 Å². The first-order valence-corrected chi connectivity index (χ1v) is 13.7. The summed E-state index contributed by atoms with van der Waals surface area (Å²) in [6.07, 6.45) is 12.7. The summed E-state index contributed by atoms with van der Waals surface area (Å²) >= 11 is 2.58. The van der Waals surface area contributed by atoms with Crippen molar-refractivity contribution >= 4 is 47.3 Å². The van der Waals surface area contributed by atoms with Gasteiger partial charge < -0.3 is 24.0 Å². The Hall–Kier alpha value is -2.66. The molecule has 0 aromatic carbocycles. The highest BCUT2D eigenvalue weighted by molar-refractivity contribution is 8.01. The quantitative estimate of drug-likeness (QED) is 0.518. The van der Waals surface area contributed by atoms with Crippen molar-refractivity contribution in [1.82, 2.24) is 9.80 Å². The van der Waals surface area contributed by atoms with E-state index in [1.54, 1.807) is 34.3 Å². The molecule has 1 aliphatic carbocycles. The fraction of sp³-hybridized carbons (Fsp3) is 0.500. The van der Waals surface area contributed by atoms with E-state index in [-0.39, 0.29) is 18.2 Å². The Bertz CT molecular complexity index is 1130. The molecule has 0 bridgehead atoms. The van der Waals surface area contributed by atoms with Gasteiger partial charge in [0.15, 0.2) is 9.74 Å². The lowest BCUT2D eigenvalue weighted by Crippen LogP contribution is -2.74. The Kier molecular flexibility index (Phi) is 5.83. The van der Waals surface area contributed by atoms with E-state index < -0.39 is 46.0 Å². The molecule has 4 heterocycles. The first-order chi connectivity index (χ1) is 16.7. The van der Waals surface area contributed by atoms with Gasteiger partial charge in [-0.3, -0.25) is 19.2 Å². The van der Waals surface area contributed by atoms with E-state index in [0.717, 1.165) is 5.57 Å². The van der Waals surface area contributed by atoms with Crippen LogP contribution in [0.3, 0.4) is 0 Å². The van der Waals surface area contributed by atoms with E-state index in [0.29, 0.717) is 12.0 Å². The molecule has 0 aromatic rings. The molecular weight excluding hydrogens is 492 g/mol. The molecule has 4 aliphatic heterocycles. The molecular formula is C24H26N2O7S2. The lowest BCUT2D eigenvalue weighted by atomic mass is 9.96. The minimum absolute atomic E-state index is 0.226. The Morgan fingerprint density at radius 2 is 1.43 bits per heavy atom. The second-order valence-electron chi connectivity index (χ2n) is 9.00. The number of carbonyl (C=O) groups excluding carboxylic acids is 4. The highest BCUT2D eigenvalue weighted by atomic mass is 32.2. The molecule has 0 radical (unpaired) electrons. The Balaban J connectivity index is 1.65. The molecule has 35 heavy (non-hydrogen) atoms. The maximum atomic E-state index is 14.5. The van der Waals surface area contributed by atoms with E-state index in [1.807, 2.05) is 12.3 Å². The van der Waals surface area contributed by atoms with Crippen LogP contribution in [0.5, 0.6) is 0 Å². The topological polar surface area (TPSA) is 102 Å². The van der Waals surface area contributed by atoms with E-state index >= 15 is 0 Å². The van der Waals surface area contributed by atoms with Crippen molar-refractivity contribution in [3.63, 3.8) is 0 Å². The molecule has 3 fully saturated rings. The van der Waals surface area contributed by atoms with Crippen molar-refractivity contribution in [3.8, 4) is 0 Å². The van der Waals surface area contributed by atoms with Gasteiger partial charge in [0.25, 0.3) is 11.8 Å². The molecule has 0 N–H and O–H groups in total. The summed E-state index contributed by atoms with van der Waals surface area (Å²) in [5, 5.41) is 0. The molecule has 0 saturated carbocycles. The number of carbonyl (C=O) groups is 4. The first kappa shape index (κ1) is 24.1. The molecule has 6 atom stereocenters. The normalized spacial score (nSPS) is 36.8. The fourth-order valence-electron chi connectivity index (χ4n) is 5.87. The lowest BCUT2D eigenvalue weighted by Gasteiger charge is -2.54. The highest BCUT2D eigenvalue weighted by Gasteiger charge is 2.73. The highest BCUT2D eigenvalue weighted by Crippen LogP contribution is 2.59. The van der Waals surface area contributed by atoms with Crippen LogP contribution < -0.4 is 0 Å². The molecule has 5 rings (SSSR count). The minimum Gasteiger partial charge on any atom is -0.473 e. The number of allylic oxidation sites excluding steroid dienone is 2. The summed E-state index contributed by atoms with van der Waals surface area (Å²) in [6.45, 7) is 2.64. The molecule has 2 amide bonds. The minimum atomic E-state index is -1.25. The predicted molar refractivity (Wildman–Crippen MR) is 130 cm³/mol. The van der Waals surface area contributed by atoms with Crippen LogP contribution in [0.2, 0.25) is 0 Å². The molecule has 186 valence electrons. The average molecular weight is 519 g/mol. The molecule has 5 aliphatic rings. The van der Waals surface area contributed by atoms with Crippen molar-refractivity contribution in [3.05, 3.63) is 48.0 Å². The zero-order valence-electron chi connectivity index (χ0n) is 19.8. The molecule has 0 aromatic heterocycles. The zero-order valence-corrected chi connectivity index (χ0v) is 21.4. The van der Waals surface area contributed by atoms with Crippen molar-refractivity contribution in [2.45, 2.75) is 60.7 Å². The SMILES string of the molecule is CS[C@]12CC3=CC=C[C@@H](OC(C)=O)[C@@H]3N1C(=O)[C@@]1(SC)CC3=COC=C[C@@H](OC(C)=O)[C@@H]3N1C2=O. The van der Waals surface area contributed by atoms with Crippen LogP contribution in [-0.4, -0.2) is 80.1 Å². The monoisotopic (exact) mass is 518 g/mol. The summed E-state index contributed by atoms with van der Waals surface area (Å²) in [5.41, 5.74) is 1.56. The Labute approximate surface area is 211 Å². The third-order valence-electron chi connectivity index (χ3n) is 7.17. The first-order valence-electron chi connectivity index (χ1n) is 11.2. The van der Waals surface area contributed by atoms with Crippen LogP contribution >= 0.6 is 23.5 Å². The van der Waals surface area contributed by atoms with Crippen molar-refractivity contribution in [2.75, 3.05) is 12.5 Å². The van der Waals surface area contributed by atoms with E-state index in [9.17, 15) is 19.2 Å². The number of hydrogen-bond donors (Lipinski definition) is 0. The molecule has 0 spiro atoms. The predicted octanol–water partition coefficient (Wildman–Crippen LogP) is 2.11. The summed E-state index contributed by atoms with van der Waals surface area (Å²) in [7, 11) is 0. The number of piperazine rings is 1. The summed E-state index contributed by atoms with van der Waals surface area (Å²) in [4.78, 5) is 53.6. The summed E-state index contributed by atoms with van der Waals surface area (Å²) in [5.74, 6) is -1.43. The Morgan fingerprint density at radius 1 is 0.914 bits per heavy atom.